The number of hydrazine groups is 1. The van der Waals surface area contributed by atoms with Gasteiger partial charge < -0.3 is 4.74 Å². The van der Waals surface area contributed by atoms with Crippen LogP contribution in [0.4, 0.5) is 0 Å². The molecule has 7 nitrogen and oxygen atoms in total. The van der Waals surface area contributed by atoms with E-state index in [0.29, 0.717) is 24.3 Å². The summed E-state index contributed by atoms with van der Waals surface area (Å²) in [6.07, 6.45) is 2.59. The molecule has 1 aliphatic heterocycles. The highest BCUT2D eigenvalue weighted by Gasteiger charge is 2.29. The number of benzene rings is 1. The van der Waals surface area contributed by atoms with Gasteiger partial charge in [0, 0.05) is 12.0 Å². The molecule has 25 heavy (non-hydrogen) atoms. The molecule has 0 spiro atoms. The highest BCUT2D eigenvalue weighted by atomic mass is 32.2. The van der Waals surface area contributed by atoms with Gasteiger partial charge in [0.1, 0.15) is 5.75 Å². The van der Waals surface area contributed by atoms with Crippen LogP contribution in [-0.4, -0.2) is 38.3 Å². The highest BCUT2D eigenvalue weighted by molar-refractivity contribution is 7.91. The quantitative estimate of drug-likeness (QED) is 0.560. The monoisotopic (exact) mass is 368 g/mol. The van der Waals surface area contributed by atoms with Gasteiger partial charge >= 0.3 is 0 Å². The smallest absolute Gasteiger partial charge is 0.269 e. The minimum absolute atomic E-state index is 0.0356. The van der Waals surface area contributed by atoms with Gasteiger partial charge in [0.05, 0.1) is 18.1 Å². The number of nitrogens with one attached hydrogen (secondary N) is 2. The number of amides is 2. The van der Waals surface area contributed by atoms with Crippen molar-refractivity contribution in [2.75, 3.05) is 18.1 Å². The lowest BCUT2D eigenvalue weighted by atomic mass is 10.1. The van der Waals surface area contributed by atoms with Crippen molar-refractivity contribution < 1.29 is 22.7 Å². The molecule has 138 valence electrons. The standard InChI is InChI=1S/C17H24N2O5S/c1-2-3-9-24-15-6-4-14(5-7-15)17(21)19-18-16(20)11-13-8-10-25(22,23)12-13/h4-7,13H,2-3,8-12H2,1H3,(H,18,20)(H,19,21)/t13-/m1/s1. The Morgan fingerprint density at radius 3 is 2.52 bits per heavy atom. The van der Waals surface area contributed by atoms with Gasteiger partial charge in [-0.25, -0.2) is 8.42 Å². The van der Waals surface area contributed by atoms with E-state index < -0.39 is 21.7 Å². The molecule has 1 heterocycles. The Balaban J connectivity index is 1.75. The molecular formula is C17H24N2O5S. The normalized spacial score (nSPS) is 18.5. The minimum Gasteiger partial charge on any atom is -0.494 e. The molecule has 0 radical (unpaired) electrons. The van der Waals surface area contributed by atoms with Crippen LogP contribution in [-0.2, 0) is 14.6 Å². The molecule has 0 aliphatic carbocycles. The summed E-state index contributed by atoms with van der Waals surface area (Å²) in [4.78, 5) is 23.8. The zero-order valence-corrected chi connectivity index (χ0v) is 15.1. The first-order valence-electron chi connectivity index (χ1n) is 8.42. The van der Waals surface area contributed by atoms with Crippen LogP contribution in [0.5, 0.6) is 5.75 Å². The Hall–Kier alpha value is -2.09. The zero-order valence-electron chi connectivity index (χ0n) is 14.3. The average molecular weight is 368 g/mol. The summed E-state index contributed by atoms with van der Waals surface area (Å²) in [7, 11) is -3.01. The van der Waals surface area contributed by atoms with Crippen molar-refractivity contribution in [2.45, 2.75) is 32.6 Å². The van der Waals surface area contributed by atoms with E-state index in [-0.39, 0.29) is 23.8 Å². The van der Waals surface area contributed by atoms with Gasteiger partial charge in [0.25, 0.3) is 5.91 Å². The fraction of sp³-hybridized carbons (Fsp3) is 0.529. The number of carbonyl (C=O) groups is 2. The predicted molar refractivity (Wildman–Crippen MR) is 93.8 cm³/mol. The summed E-state index contributed by atoms with van der Waals surface area (Å²) in [6.45, 7) is 2.71. The molecule has 2 N–H and O–H groups in total. The number of hydrogen-bond acceptors (Lipinski definition) is 5. The first-order chi connectivity index (χ1) is 11.9. The molecule has 0 bridgehead atoms. The molecule has 1 aromatic carbocycles. The summed E-state index contributed by atoms with van der Waals surface area (Å²) in [5.74, 6) is -0.155. The van der Waals surface area contributed by atoms with Crippen LogP contribution in [0.1, 0.15) is 43.0 Å². The molecule has 0 unspecified atom stereocenters. The van der Waals surface area contributed by atoms with Gasteiger partial charge in [-0.1, -0.05) is 13.3 Å². The molecule has 0 aromatic heterocycles. The van der Waals surface area contributed by atoms with Crippen LogP contribution in [0.2, 0.25) is 0 Å². The van der Waals surface area contributed by atoms with Crippen molar-refractivity contribution in [2.24, 2.45) is 5.92 Å². The number of carbonyl (C=O) groups excluding carboxylic acids is 2. The van der Waals surface area contributed by atoms with Crippen molar-refractivity contribution in [1.29, 1.82) is 0 Å². The Labute approximate surface area is 148 Å². The maximum absolute atomic E-state index is 12.0. The summed E-state index contributed by atoms with van der Waals surface area (Å²) < 4.78 is 28.3. The molecule has 8 heteroatoms. The third-order valence-electron chi connectivity index (χ3n) is 4.00. The Morgan fingerprint density at radius 2 is 1.92 bits per heavy atom. The lowest BCUT2D eigenvalue weighted by Gasteiger charge is -2.10. The maximum atomic E-state index is 12.0. The predicted octanol–water partition coefficient (Wildman–Crippen LogP) is 1.45. The lowest BCUT2D eigenvalue weighted by Crippen LogP contribution is -2.42. The van der Waals surface area contributed by atoms with Crippen LogP contribution < -0.4 is 15.6 Å². The van der Waals surface area contributed by atoms with Gasteiger partial charge in [-0.15, -0.1) is 0 Å². The summed E-state index contributed by atoms with van der Waals surface area (Å²) in [5.41, 5.74) is 5.06. The molecule has 2 rings (SSSR count). The summed E-state index contributed by atoms with van der Waals surface area (Å²) in [6, 6.07) is 6.64. The van der Waals surface area contributed by atoms with Crippen LogP contribution in [0.3, 0.4) is 0 Å². The third-order valence-corrected chi connectivity index (χ3v) is 5.84. The van der Waals surface area contributed by atoms with Gasteiger partial charge in [0.2, 0.25) is 5.91 Å². The van der Waals surface area contributed by atoms with Gasteiger partial charge in [-0.2, -0.15) is 0 Å². The van der Waals surface area contributed by atoms with Crippen molar-refractivity contribution in [1.82, 2.24) is 10.9 Å². The number of sulfone groups is 1. The van der Waals surface area contributed by atoms with E-state index in [1.807, 2.05) is 0 Å². The fourth-order valence-corrected chi connectivity index (χ4v) is 4.44. The minimum atomic E-state index is -3.01. The first-order valence-corrected chi connectivity index (χ1v) is 10.2. The van der Waals surface area contributed by atoms with E-state index in [1.54, 1.807) is 24.3 Å². The largest absolute Gasteiger partial charge is 0.494 e. The van der Waals surface area contributed by atoms with Crippen LogP contribution in [0.25, 0.3) is 0 Å². The molecular weight excluding hydrogens is 344 g/mol. The fourth-order valence-electron chi connectivity index (χ4n) is 2.58. The number of rotatable bonds is 7. The van der Waals surface area contributed by atoms with Crippen LogP contribution >= 0.6 is 0 Å². The molecule has 2 amide bonds. The molecule has 1 atom stereocenters. The second-order valence-electron chi connectivity index (χ2n) is 6.20. The van der Waals surface area contributed by atoms with Crippen LogP contribution in [0, 0.1) is 5.92 Å². The molecule has 1 aromatic rings. The average Bonchev–Trinajstić information content (AvgIpc) is 2.92. The van der Waals surface area contributed by atoms with E-state index in [9.17, 15) is 18.0 Å². The second-order valence-corrected chi connectivity index (χ2v) is 8.43. The highest BCUT2D eigenvalue weighted by Crippen LogP contribution is 2.21. The molecule has 1 fully saturated rings. The summed E-state index contributed by atoms with van der Waals surface area (Å²) in [5, 5.41) is 0. The number of hydrogen-bond donors (Lipinski definition) is 2. The van der Waals surface area contributed by atoms with E-state index >= 15 is 0 Å². The second kappa shape index (κ2) is 8.84. The zero-order chi connectivity index (χ0) is 18.3. The van der Waals surface area contributed by atoms with Gasteiger partial charge in [-0.05, 0) is 43.0 Å². The van der Waals surface area contributed by atoms with E-state index in [1.165, 1.54) is 0 Å². The Bertz CT molecular complexity index is 700. The first kappa shape index (κ1) is 19.2. The number of ether oxygens (including phenoxy) is 1. The Morgan fingerprint density at radius 1 is 1.20 bits per heavy atom. The molecule has 1 aliphatic rings. The third kappa shape index (κ3) is 6.38. The SMILES string of the molecule is CCCCOc1ccc(C(=O)NNC(=O)C[C@H]2CCS(=O)(=O)C2)cc1. The number of unbranched alkanes of at least 4 members (excludes halogenated alkanes) is 1. The topological polar surface area (TPSA) is 102 Å². The maximum Gasteiger partial charge on any atom is 0.269 e. The van der Waals surface area contributed by atoms with E-state index in [2.05, 4.69) is 17.8 Å². The van der Waals surface area contributed by atoms with Crippen molar-refractivity contribution in [3.8, 4) is 5.75 Å². The van der Waals surface area contributed by atoms with Crippen molar-refractivity contribution in [3.05, 3.63) is 29.8 Å². The van der Waals surface area contributed by atoms with Crippen LogP contribution in [0.15, 0.2) is 24.3 Å². The van der Waals surface area contributed by atoms with E-state index in [4.69, 9.17) is 4.74 Å². The Kier molecular flexibility index (Phi) is 6.81. The molecule has 1 saturated heterocycles. The molecule has 0 saturated carbocycles. The van der Waals surface area contributed by atoms with Crippen molar-refractivity contribution in [3.63, 3.8) is 0 Å². The lowest BCUT2D eigenvalue weighted by molar-refractivity contribution is -0.122. The van der Waals surface area contributed by atoms with E-state index in [0.717, 1.165) is 12.8 Å². The van der Waals surface area contributed by atoms with Gasteiger partial charge in [0.15, 0.2) is 9.84 Å². The van der Waals surface area contributed by atoms with Crippen molar-refractivity contribution >= 4 is 21.7 Å². The van der Waals surface area contributed by atoms with Gasteiger partial charge in [-0.3, -0.25) is 20.4 Å². The summed E-state index contributed by atoms with van der Waals surface area (Å²) >= 11 is 0.